The van der Waals surface area contributed by atoms with E-state index >= 15 is 0 Å². The number of nitrogens with one attached hydrogen (secondary N) is 1. The Labute approximate surface area is 158 Å². The van der Waals surface area contributed by atoms with Crippen molar-refractivity contribution in [3.8, 4) is 11.5 Å². The molecule has 5 nitrogen and oxygen atoms in total. The summed E-state index contributed by atoms with van der Waals surface area (Å²) in [6.07, 6.45) is -0.259. The lowest BCUT2D eigenvalue weighted by atomic mass is 10.2. The van der Waals surface area contributed by atoms with Gasteiger partial charge in [0.15, 0.2) is 5.75 Å². The van der Waals surface area contributed by atoms with Crippen molar-refractivity contribution in [1.29, 1.82) is 0 Å². The maximum Gasteiger partial charge on any atom is 0.236 e. The van der Waals surface area contributed by atoms with Gasteiger partial charge in [0, 0.05) is 12.7 Å². The lowest BCUT2D eigenvalue weighted by Crippen LogP contribution is -2.30. The number of para-hydroxylation sites is 4. The fraction of sp³-hybridized carbons (Fsp3) is 0.0909. The Hall–Kier alpha value is -3.60. The topological polar surface area (TPSA) is 58.6 Å². The first-order valence-corrected chi connectivity index (χ1v) is 8.57. The highest BCUT2D eigenvalue weighted by atomic mass is 16.5. The maximum absolute atomic E-state index is 12.4. The number of ether oxygens (including phenoxy) is 1. The van der Waals surface area contributed by atoms with Gasteiger partial charge in [-0.15, -0.1) is 0 Å². The number of amides is 2. The monoisotopic (exact) mass is 360 g/mol. The Balaban J connectivity index is 1.65. The zero-order valence-electron chi connectivity index (χ0n) is 15.0. The van der Waals surface area contributed by atoms with E-state index in [0.717, 1.165) is 5.69 Å². The van der Waals surface area contributed by atoms with Gasteiger partial charge in [0.1, 0.15) is 12.2 Å². The van der Waals surface area contributed by atoms with Crippen molar-refractivity contribution in [3.63, 3.8) is 0 Å². The number of rotatable bonds is 6. The van der Waals surface area contributed by atoms with E-state index in [0.29, 0.717) is 17.2 Å². The molecule has 0 aromatic heterocycles. The molecule has 0 saturated heterocycles. The third-order valence-electron chi connectivity index (χ3n) is 3.96. The third kappa shape index (κ3) is 4.95. The van der Waals surface area contributed by atoms with Gasteiger partial charge < -0.3 is 15.0 Å². The van der Waals surface area contributed by atoms with Gasteiger partial charge in [-0.3, -0.25) is 9.59 Å². The average molecular weight is 360 g/mol. The molecule has 27 heavy (non-hydrogen) atoms. The van der Waals surface area contributed by atoms with Gasteiger partial charge >= 0.3 is 0 Å². The van der Waals surface area contributed by atoms with Crippen LogP contribution in [0.25, 0.3) is 0 Å². The van der Waals surface area contributed by atoms with Crippen LogP contribution in [0.3, 0.4) is 0 Å². The van der Waals surface area contributed by atoms with E-state index in [4.69, 9.17) is 4.74 Å². The Morgan fingerprint density at radius 1 is 0.852 bits per heavy atom. The molecule has 0 unspecified atom stereocenters. The molecule has 0 saturated carbocycles. The second-order valence-electron chi connectivity index (χ2n) is 5.92. The lowest BCUT2D eigenvalue weighted by molar-refractivity contribution is -0.125. The molecule has 0 aliphatic heterocycles. The van der Waals surface area contributed by atoms with Gasteiger partial charge in [0.05, 0.1) is 5.69 Å². The van der Waals surface area contributed by atoms with Crippen LogP contribution in [0.4, 0.5) is 11.4 Å². The maximum atomic E-state index is 12.4. The normalized spacial score (nSPS) is 10.1. The number of anilines is 2. The molecule has 0 bridgehead atoms. The first-order valence-electron chi connectivity index (χ1n) is 8.57. The van der Waals surface area contributed by atoms with Crippen LogP contribution in [0, 0.1) is 0 Å². The quantitative estimate of drug-likeness (QED) is 0.660. The molecule has 2 amide bonds. The van der Waals surface area contributed by atoms with Crippen LogP contribution in [0.2, 0.25) is 0 Å². The van der Waals surface area contributed by atoms with Gasteiger partial charge in [0.2, 0.25) is 11.8 Å². The largest absolute Gasteiger partial charge is 0.455 e. The number of carbonyl (C=O) groups excluding carboxylic acids is 2. The van der Waals surface area contributed by atoms with Crippen molar-refractivity contribution < 1.29 is 14.3 Å². The van der Waals surface area contributed by atoms with Gasteiger partial charge in [-0.05, 0) is 36.4 Å². The minimum atomic E-state index is -0.396. The summed E-state index contributed by atoms with van der Waals surface area (Å²) in [4.78, 5) is 26.2. The van der Waals surface area contributed by atoms with Crippen LogP contribution in [-0.2, 0) is 9.59 Å². The number of nitrogens with zero attached hydrogens (tertiary/aromatic N) is 1. The van der Waals surface area contributed by atoms with Crippen molar-refractivity contribution in [2.24, 2.45) is 0 Å². The molecule has 0 radical (unpaired) electrons. The molecule has 0 heterocycles. The minimum absolute atomic E-state index is 0.259. The molecule has 0 spiro atoms. The number of carbonyl (C=O) groups is 2. The number of hydrogen-bond donors (Lipinski definition) is 1. The lowest BCUT2D eigenvalue weighted by Gasteiger charge is -2.17. The molecule has 5 heteroatoms. The van der Waals surface area contributed by atoms with Crippen LogP contribution in [0.5, 0.6) is 11.5 Å². The molecule has 3 aromatic rings. The zero-order chi connectivity index (χ0) is 19.1. The van der Waals surface area contributed by atoms with Crippen LogP contribution < -0.4 is 15.0 Å². The molecule has 0 fully saturated rings. The van der Waals surface area contributed by atoms with Crippen molar-refractivity contribution in [3.05, 3.63) is 84.9 Å². The second-order valence-corrected chi connectivity index (χ2v) is 5.92. The summed E-state index contributed by atoms with van der Waals surface area (Å²) in [6, 6.07) is 25.6. The van der Waals surface area contributed by atoms with Gasteiger partial charge in [-0.2, -0.15) is 0 Å². The summed E-state index contributed by atoms with van der Waals surface area (Å²) < 4.78 is 5.82. The van der Waals surface area contributed by atoms with Crippen molar-refractivity contribution in [2.75, 3.05) is 17.3 Å². The summed E-state index contributed by atoms with van der Waals surface area (Å²) in [5.74, 6) is 0.493. The van der Waals surface area contributed by atoms with Crippen LogP contribution in [-0.4, -0.2) is 18.9 Å². The SMILES string of the molecule is CN(C(=O)CC(=O)Nc1ccccc1Oc1ccccc1)c1ccccc1. The van der Waals surface area contributed by atoms with E-state index in [9.17, 15) is 9.59 Å². The van der Waals surface area contributed by atoms with E-state index in [2.05, 4.69) is 5.32 Å². The summed E-state index contributed by atoms with van der Waals surface area (Å²) in [5, 5.41) is 2.76. The summed E-state index contributed by atoms with van der Waals surface area (Å²) >= 11 is 0. The first kappa shape index (κ1) is 18.2. The third-order valence-corrected chi connectivity index (χ3v) is 3.96. The van der Waals surface area contributed by atoms with Gasteiger partial charge in [0.25, 0.3) is 0 Å². The standard InChI is InChI=1S/C22H20N2O3/c1-24(17-10-4-2-5-11-17)22(26)16-21(25)23-19-14-8-9-15-20(19)27-18-12-6-3-7-13-18/h2-15H,16H2,1H3,(H,23,25). The van der Waals surface area contributed by atoms with Gasteiger partial charge in [-0.25, -0.2) is 0 Å². The highest BCUT2D eigenvalue weighted by Crippen LogP contribution is 2.29. The summed E-state index contributed by atoms with van der Waals surface area (Å²) in [5.41, 5.74) is 1.25. The van der Waals surface area contributed by atoms with Crippen molar-refractivity contribution in [1.82, 2.24) is 0 Å². The summed E-state index contributed by atoms with van der Waals surface area (Å²) in [6.45, 7) is 0. The minimum Gasteiger partial charge on any atom is -0.455 e. The Kier molecular flexibility index (Phi) is 5.84. The molecule has 136 valence electrons. The molecule has 0 aliphatic carbocycles. The number of benzene rings is 3. The zero-order valence-corrected chi connectivity index (χ0v) is 15.0. The van der Waals surface area contributed by atoms with E-state index in [1.54, 1.807) is 25.2 Å². The molecule has 1 N–H and O–H groups in total. The second kappa shape index (κ2) is 8.67. The molecule has 3 aromatic carbocycles. The summed E-state index contributed by atoms with van der Waals surface area (Å²) in [7, 11) is 1.65. The fourth-order valence-corrected chi connectivity index (χ4v) is 2.52. The van der Waals surface area contributed by atoms with Crippen LogP contribution in [0.1, 0.15) is 6.42 Å². The average Bonchev–Trinajstić information content (AvgIpc) is 2.70. The Morgan fingerprint density at radius 3 is 2.15 bits per heavy atom. The molecule has 3 rings (SSSR count). The Bertz CT molecular complexity index is 911. The van der Waals surface area contributed by atoms with E-state index in [1.807, 2.05) is 66.7 Å². The number of hydrogen-bond acceptors (Lipinski definition) is 3. The van der Waals surface area contributed by atoms with E-state index in [-0.39, 0.29) is 12.3 Å². The fourth-order valence-electron chi connectivity index (χ4n) is 2.52. The predicted molar refractivity (Wildman–Crippen MR) is 106 cm³/mol. The molecule has 0 atom stereocenters. The molecular weight excluding hydrogens is 340 g/mol. The van der Waals surface area contributed by atoms with E-state index in [1.165, 1.54) is 4.90 Å². The van der Waals surface area contributed by atoms with Crippen molar-refractivity contribution in [2.45, 2.75) is 6.42 Å². The van der Waals surface area contributed by atoms with Crippen molar-refractivity contribution >= 4 is 23.2 Å². The molecule has 0 aliphatic rings. The molecular formula is C22H20N2O3. The highest BCUT2D eigenvalue weighted by molar-refractivity contribution is 6.09. The highest BCUT2D eigenvalue weighted by Gasteiger charge is 2.16. The first-order chi connectivity index (χ1) is 13.1. The predicted octanol–water partition coefficient (Wildman–Crippen LogP) is 4.47. The van der Waals surface area contributed by atoms with Crippen LogP contribution >= 0.6 is 0 Å². The van der Waals surface area contributed by atoms with E-state index < -0.39 is 5.91 Å². The van der Waals surface area contributed by atoms with Gasteiger partial charge in [-0.1, -0.05) is 48.5 Å². The van der Waals surface area contributed by atoms with Crippen LogP contribution in [0.15, 0.2) is 84.9 Å². The Morgan fingerprint density at radius 2 is 1.44 bits per heavy atom. The smallest absolute Gasteiger partial charge is 0.236 e.